The van der Waals surface area contributed by atoms with E-state index in [9.17, 15) is 14.0 Å². The molecule has 1 amide bonds. The monoisotopic (exact) mass is 452 g/mol. The molecule has 6 nitrogen and oxygen atoms in total. The summed E-state index contributed by atoms with van der Waals surface area (Å²) in [5, 5.41) is 0.794. The first-order chi connectivity index (χ1) is 16.0. The Balaban J connectivity index is 1.57. The van der Waals surface area contributed by atoms with Crippen molar-refractivity contribution in [2.24, 2.45) is 0 Å². The highest BCUT2D eigenvalue weighted by Crippen LogP contribution is 2.34. The van der Waals surface area contributed by atoms with Gasteiger partial charge in [-0.05, 0) is 62.1 Å². The van der Waals surface area contributed by atoms with Crippen molar-refractivity contribution in [1.29, 1.82) is 0 Å². The van der Waals surface area contributed by atoms with Crippen molar-refractivity contribution < 1.29 is 23.5 Å². The molecule has 0 spiro atoms. The first-order valence-electron chi connectivity index (χ1n) is 11.4. The Bertz CT molecular complexity index is 1140. The fourth-order valence-electron chi connectivity index (χ4n) is 4.76. The van der Waals surface area contributed by atoms with Gasteiger partial charge in [0.05, 0.1) is 13.2 Å². The highest BCUT2D eigenvalue weighted by Gasteiger charge is 2.30. The van der Waals surface area contributed by atoms with Crippen molar-refractivity contribution in [2.75, 3.05) is 19.8 Å². The van der Waals surface area contributed by atoms with Gasteiger partial charge in [0.2, 0.25) is 5.91 Å². The molecule has 4 rings (SSSR count). The Morgan fingerprint density at radius 1 is 1.18 bits per heavy atom. The lowest BCUT2D eigenvalue weighted by Crippen LogP contribution is -2.44. The van der Waals surface area contributed by atoms with E-state index in [2.05, 4.69) is 0 Å². The molecule has 2 aromatic carbocycles. The maximum absolute atomic E-state index is 14.1. The molecular formula is C26H29FN2O4. The zero-order valence-electron chi connectivity index (χ0n) is 19.1. The minimum absolute atomic E-state index is 0.0124. The van der Waals surface area contributed by atoms with E-state index >= 15 is 0 Å². The van der Waals surface area contributed by atoms with Gasteiger partial charge in [-0.25, -0.2) is 4.39 Å². The van der Waals surface area contributed by atoms with E-state index in [1.165, 1.54) is 12.1 Å². The SMILES string of the molecule is CCOC(=O)Cn1c2c(c3cc(F)ccc31)C[C@@H](N(CCOc1ccccc1)C(C)=O)CC2. The van der Waals surface area contributed by atoms with Crippen LogP contribution in [-0.2, 0) is 33.7 Å². The van der Waals surface area contributed by atoms with E-state index in [-0.39, 0.29) is 30.3 Å². The second kappa shape index (κ2) is 10.1. The van der Waals surface area contributed by atoms with Crippen molar-refractivity contribution in [2.45, 2.75) is 45.7 Å². The van der Waals surface area contributed by atoms with Crippen LogP contribution in [0.15, 0.2) is 48.5 Å². The van der Waals surface area contributed by atoms with Crippen LogP contribution in [-0.4, -0.2) is 47.1 Å². The number of amides is 1. The maximum atomic E-state index is 14.1. The molecule has 0 saturated carbocycles. The number of carbonyl (C=O) groups is 2. The lowest BCUT2D eigenvalue weighted by Gasteiger charge is -2.34. The van der Waals surface area contributed by atoms with E-state index in [0.29, 0.717) is 32.6 Å². The standard InChI is InChI=1S/C26H29FN2O4/c1-3-32-26(31)17-29-24-11-9-19(27)15-22(24)23-16-20(10-12-25(23)29)28(18(2)30)13-14-33-21-7-5-4-6-8-21/h4-9,11,15,20H,3,10,12-14,16-17H2,1-2H3/t20-/m0/s1. The molecule has 1 aromatic heterocycles. The number of ether oxygens (including phenoxy) is 2. The molecule has 1 atom stereocenters. The summed E-state index contributed by atoms with van der Waals surface area (Å²) in [6.07, 6.45) is 2.06. The Morgan fingerprint density at radius 2 is 1.97 bits per heavy atom. The molecule has 1 heterocycles. The minimum atomic E-state index is -0.319. The average molecular weight is 453 g/mol. The zero-order chi connectivity index (χ0) is 23.4. The molecule has 0 fully saturated rings. The van der Waals surface area contributed by atoms with Gasteiger partial charge in [-0.3, -0.25) is 9.59 Å². The Hall–Kier alpha value is -3.35. The minimum Gasteiger partial charge on any atom is -0.492 e. The molecule has 0 aliphatic heterocycles. The topological polar surface area (TPSA) is 60.8 Å². The first-order valence-corrected chi connectivity index (χ1v) is 11.4. The van der Waals surface area contributed by atoms with Gasteiger partial charge in [0.15, 0.2) is 0 Å². The van der Waals surface area contributed by atoms with Crippen LogP contribution in [0.1, 0.15) is 31.5 Å². The van der Waals surface area contributed by atoms with Gasteiger partial charge >= 0.3 is 5.97 Å². The largest absolute Gasteiger partial charge is 0.492 e. The third kappa shape index (κ3) is 5.02. The van der Waals surface area contributed by atoms with Crippen LogP contribution in [0, 0.1) is 5.82 Å². The second-order valence-electron chi connectivity index (χ2n) is 8.25. The molecule has 3 aromatic rings. The summed E-state index contributed by atoms with van der Waals surface area (Å²) < 4.78 is 27.0. The molecule has 1 aliphatic carbocycles. The quantitative estimate of drug-likeness (QED) is 0.482. The maximum Gasteiger partial charge on any atom is 0.325 e. The van der Waals surface area contributed by atoms with Crippen molar-refractivity contribution >= 4 is 22.8 Å². The second-order valence-corrected chi connectivity index (χ2v) is 8.25. The summed E-state index contributed by atoms with van der Waals surface area (Å²) in [5.41, 5.74) is 2.83. The van der Waals surface area contributed by atoms with E-state index in [0.717, 1.165) is 34.3 Å². The number of nitrogens with zero attached hydrogens (tertiary/aromatic N) is 2. The van der Waals surface area contributed by atoms with Gasteiger partial charge in [-0.15, -0.1) is 0 Å². The third-order valence-corrected chi connectivity index (χ3v) is 6.18. The number of hydrogen-bond donors (Lipinski definition) is 0. The molecule has 1 aliphatic rings. The molecule has 0 bridgehead atoms. The average Bonchev–Trinajstić information content (AvgIpc) is 3.09. The predicted molar refractivity (Wildman–Crippen MR) is 124 cm³/mol. The Labute approximate surface area is 192 Å². The number of halogens is 1. The first kappa shape index (κ1) is 22.8. The van der Waals surface area contributed by atoms with Crippen LogP contribution in [0.4, 0.5) is 4.39 Å². The van der Waals surface area contributed by atoms with Crippen molar-refractivity contribution in [3.63, 3.8) is 0 Å². The van der Waals surface area contributed by atoms with Gasteiger partial charge < -0.3 is 18.9 Å². The van der Waals surface area contributed by atoms with Crippen molar-refractivity contribution in [3.8, 4) is 5.75 Å². The molecule has 174 valence electrons. The smallest absolute Gasteiger partial charge is 0.325 e. The summed E-state index contributed by atoms with van der Waals surface area (Å²) in [6.45, 7) is 4.62. The van der Waals surface area contributed by atoms with Gasteiger partial charge in [0.25, 0.3) is 0 Å². The van der Waals surface area contributed by atoms with Crippen LogP contribution < -0.4 is 4.74 Å². The lowest BCUT2D eigenvalue weighted by atomic mass is 9.90. The highest BCUT2D eigenvalue weighted by molar-refractivity contribution is 5.87. The molecular weight excluding hydrogens is 423 g/mol. The van der Waals surface area contributed by atoms with Gasteiger partial charge in [0, 0.05) is 29.6 Å². The lowest BCUT2D eigenvalue weighted by molar-refractivity contribution is -0.143. The number of esters is 1. The molecule has 0 radical (unpaired) electrons. The summed E-state index contributed by atoms with van der Waals surface area (Å²) in [4.78, 5) is 26.5. The number of hydrogen-bond acceptors (Lipinski definition) is 4. The van der Waals surface area contributed by atoms with Crippen LogP contribution in [0.25, 0.3) is 10.9 Å². The van der Waals surface area contributed by atoms with E-state index < -0.39 is 0 Å². The molecule has 0 unspecified atom stereocenters. The highest BCUT2D eigenvalue weighted by atomic mass is 19.1. The van der Waals surface area contributed by atoms with E-state index in [1.807, 2.05) is 39.8 Å². The Morgan fingerprint density at radius 3 is 2.70 bits per heavy atom. The Kier molecular flexibility index (Phi) is 6.96. The predicted octanol–water partition coefficient (Wildman–Crippen LogP) is 4.13. The summed E-state index contributed by atoms with van der Waals surface area (Å²) >= 11 is 0. The summed E-state index contributed by atoms with van der Waals surface area (Å²) in [7, 11) is 0. The van der Waals surface area contributed by atoms with Gasteiger partial charge in [-0.1, -0.05) is 18.2 Å². The van der Waals surface area contributed by atoms with E-state index in [1.54, 1.807) is 19.9 Å². The number of fused-ring (bicyclic) bond motifs is 3. The molecule has 0 N–H and O–H groups in total. The number of rotatable bonds is 8. The van der Waals surface area contributed by atoms with E-state index in [4.69, 9.17) is 9.47 Å². The number of carbonyl (C=O) groups excluding carboxylic acids is 2. The van der Waals surface area contributed by atoms with Gasteiger partial charge in [-0.2, -0.15) is 0 Å². The third-order valence-electron chi connectivity index (χ3n) is 6.18. The normalized spacial score (nSPS) is 15.2. The van der Waals surface area contributed by atoms with Crippen molar-refractivity contribution in [1.82, 2.24) is 9.47 Å². The summed E-state index contributed by atoms with van der Waals surface area (Å²) in [6, 6.07) is 14.2. The van der Waals surface area contributed by atoms with Crippen molar-refractivity contribution in [3.05, 3.63) is 65.6 Å². The fourth-order valence-corrected chi connectivity index (χ4v) is 4.76. The summed E-state index contributed by atoms with van der Waals surface area (Å²) in [5.74, 6) is 0.124. The molecule has 0 saturated heterocycles. The fraction of sp³-hybridized carbons (Fsp3) is 0.385. The molecule has 7 heteroatoms. The van der Waals surface area contributed by atoms with Gasteiger partial charge in [0.1, 0.15) is 24.7 Å². The van der Waals surface area contributed by atoms with Crippen LogP contribution in [0.5, 0.6) is 5.75 Å². The van der Waals surface area contributed by atoms with Crippen LogP contribution >= 0.6 is 0 Å². The zero-order valence-corrected chi connectivity index (χ0v) is 19.1. The van der Waals surface area contributed by atoms with Crippen LogP contribution in [0.3, 0.4) is 0 Å². The number of para-hydroxylation sites is 1. The molecule has 33 heavy (non-hydrogen) atoms. The number of aromatic nitrogens is 1. The number of benzene rings is 2. The van der Waals surface area contributed by atoms with Crippen LogP contribution in [0.2, 0.25) is 0 Å².